The van der Waals surface area contributed by atoms with Gasteiger partial charge < -0.3 is 33.9 Å². The smallest absolute Gasteiger partial charge is 0.324 e. The number of rotatable bonds is 11. The molecule has 3 aromatic rings. The predicted molar refractivity (Wildman–Crippen MR) is 286 cm³/mol. The number of nitrogens with one attached hydrogen (secondary N) is 2. The maximum absolute atomic E-state index is 14.9. The molecule has 2 aromatic carbocycles. The number of aliphatic imine (C=N–C) groups is 1. The number of hydrogen-bond acceptors (Lipinski definition) is 11. The summed E-state index contributed by atoms with van der Waals surface area (Å²) in [6.45, 7) is 25.3. The molecule has 6 heterocycles. The lowest BCUT2D eigenvalue weighted by atomic mass is 9.84. The largest absolute Gasteiger partial charge is 0.464 e. The highest BCUT2D eigenvalue weighted by Gasteiger charge is 2.56. The van der Waals surface area contributed by atoms with Gasteiger partial charge in [0.15, 0.2) is 5.60 Å². The molecule has 5 atom stereocenters. The molecule has 16 heteroatoms. The standard InChI is InChI=1S/C58H76N8O8/c1-12-42(49(59-13-2)38(6)72-11)51-44-33-56(7,8)35-73-54(70)45-20-16-28-66(61-45)53(69)46(31-39-18-15-19-40(30-39)41-21-22-47(43(44)32-41)64(51)14-3)60-52(68)50(37(4)5)65-36-74-58(55(65)71)25-29-62(34-58)48(67)23-24-57(9,10)63-26-17-27-63/h12-13,15,18-19,21-22,30,32,37-38,45-46,50,61H,1,14,16-17,20,25-29,31,33-36H2,2-11H3,(H,60,68)/b49-42+,59-13?/t38-,45-,46-,50-,58-/m0/s1. The fourth-order valence-corrected chi connectivity index (χ4v) is 11.2. The number of ether oxygens (including phenoxy) is 3. The third-order valence-corrected chi connectivity index (χ3v) is 15.5. The summed E-state index contributed by atoms with van der Waals surface area (Å²) in [5.41, 5.74) is 8.22. The Morgan fingerprint density at radius 1 is 1.05 bits per heavy atom. The number of cyclic esters (lactones) is 1. The molecular weight excluding hydrogens is 937 g/mol. The molecule has 4 saturated heterocycles. The molecular formula is C58H76N8O8. The van der Waals surface area contributed by atoms with Gasteiger partial charge in [0, 0.05) is 80.8 Å². The second-order valence-corrected chi connectivity index (χ2v) is 22.2. The van der Waals surface area contributed by atoms with Crippen molar-refractivity contribution in [2.45, 2.75) is 143 Å². The summed E-state index contributed by atoms with van der Waals surface area (Å²) in [6, 6.07) is 11.5. The molecule has 16 nitrogen and oxygen atoms in total. The fraction of sp³-hybridized carbons (Fsp3) is 0.552. The Balaban J connectivity index is 1.13. The van der Waals surface area contributed by atoms with E-state index in [1.165, 1.54) is 9.91 Å². The average molecular weight is 1010 g/mol. The minimum Gasteiger partial charge on any atom is -0.464 e. The van der Waals surface area contributed by atoms with Crippen LogP contribution in [-0.2, 0) is 57.6 Å². The number of likely N-dealkylation sites (tertiary alicyclic amines) is 2. The van der Waals surface area contributed by atoms with Crippen molar-refractivity contribution in [3.63, 3.8) is 0 Å². The van der Waals surface area contributed by atoms with Crippen LogP contribution in [0.3, 0.4) is 0 Å². The number of aromatic nitrogens is 1. The number of hydrogen-bond donors (Lipinski definition) is 2. The van der Waals surface area contributed by atoms with Crippen LogP contribution in [0.25, 0.3) is 27.6 Å². The van der Waals surface area contributed by atoms with Crippen molar-refractivity contribution in [2.75, 3.05) is 53.2 Å². The first kappa shape index (κ1) is 54.2. The molecule has 1 spiro atoms. The number of hydrazine groups is 1. The summed E-state index contributed by atoms with van der Waals surface area (Å²) in [7, 11) is 1.67. The normalized spacial score (nSPS) is 23.8. The molecule has 4 amide bonds. The first-order valence-corrected chi connectivity index (χ1v) is 26.4. The highest BCUT2D eigenvalue weighted by molar-refractivity contribution is 5.99. The van der Waals surface area contributed by atoms with Gasteiger partial charge in [-0.2, -0.15) is 0 Å². The summed E-state index contributed by atoms with van der Waals surface area (Å²) in [6.07, 6.45) is 6.30. The molecule has 1 aromatic heterocycles. The van der Waals surface area contributed by atoms with Gasteiger partial charge in [0.05, 0.1) is 36.2 Å². The van der Waals surface area contributed by atoms with Crippen LogP contribution in [0, 0.1) is 23.2 Å². The quantitative estimate of drug-likeness (QED) is 0.0964. The third kappa shape index (κ3) is 10.8. The Morgan fingerprint density at radius 3 is 2.49 bits per heavy atom. The number of carbonyl (C=O) groups is 5. The van der Waals surface area contributed by atoms with Crippen molar-refractivity contribution >= 4 is 52.3 Å². The Bertz CT molecular complexity index is 2810. The van der Waals surface area contributed by atoms with E-state index in [1.54, 1.807) is 18.2 Å². The van der Waals surface area contributed by atoms with Crippen molar-refractivity contribution in [3.8, 4) is 23.0 Å². The SMILES string of the molecule is C=C/C(=C(\N=CC)[C@H](C)OC)c1c2c3cc(ccc3n1CC)-c1cccc(c1)C[C@H](NC(=O)[C@H](C(C)C)N1CO[C@]3(CCN(C(=O)C#CC(C)(C)N4CCC4)C3)C1=O)C(=O)N1CCC[C@H](N1)C(=O)OCC(C)(C)C2. The monoisotopic (exact) mass is 1010 g/mol. The van der Waals surface area contributed by atoms with Gasteiger partial charge in [0.2, 0.25) is 5.91 Å². The maximum Gasteiger partial charge on any atom is 0.324 e. The number of esters is 1. The first-order chi connectivity index (χ1) is 35.2. The zero-order valence-electron chi connectivity index (χ0n) is 45.1. The molecule has 8 rings (SSSR count). The Kier molecular flexibility index (Phi) is 16.1. The zero-order chi connectivity index (χ0) is 53.3. The van der Waals surface area contributed by atoms with Gasteiger partial charge in [-0.1, -0.05) is 76.6 Å². The van der Waals surface area contributed by atoms with Gasteiger partial charge >= 0.3 is 5.97 Å². The molecule has 0 aliphatic carbocycles. The number of carbonyl (C=O) groups excluding carboxylic acids is 5. The van der Waals surface area contributed by atoms with Crippen LogP contribution in [0.15, 0.2) is 65.8 Å². The summed E-state index contributed by atoms with van der Waals surface area (Å²) in [4.78, 5) is 81.7. The molecule has 396 valence electrons. The van der Waals surface area contributed by atoms with Gasteiger partial charge in [0.1, 0.15) is 24.9 Å². The molecule has 5 aliphatic rings. The van der Waals surface area contributed by atoms with Crippen LogP contribution in [0.1, 0.15) is 105 Å². The lowest BCUT2D eigenvalue weighted by Gasteiger charge is -2.41. The van der Waals surface area contributed by atoms with Gasteiger partial charge in [-0.15, -0.1) is 0 Å². The molecule has 5 aliphatic heterocycles. The van der Waals surface area contributed by atoms with E-state index in [0.29, 0.717) is 38.9 Å². The van der Waals surface area contributed by atoms with E-state index in [9.17, 15) is 24.0 Å². The van der Waals surface area contributed by atoms with E-state index in [-0.39, 0.29) is 56.6 Å². The number of nitrogens with zero attached hydrogens (tertiary/aromatic N) is 6. The van der Waals surface area contributed by atoms with E-state index in [4.69, 9.17) is 19.2 Å². The van der Waals surface area contributed by atoms with Crippen LogP contribution in [0.2, 0.25) is 0 Å². The van der Waals surface area contributed by atoms with Gasteiger partial charge in [0.25, 0.3) is 17.7 Å². The first-order valence-electron chi connectivity index (χ1n) is 26.4. The Morgan fingerprint density at radius 2 is 1.81 bits per heavy atom. The lowest BCUT2D eigenvalue weighted by molar-refractivity contribution is -0.155. The number of fused-ring (bicyclic) bond motifs is 6. The topological polar surface area (TPSA) is 167 Å². The highest BCUT2D eigenvalue weighted by Crippen LogP contribution is 2.41. The number of aryl methyl sites for hydroxylation is 1. The van der Waals surface area contributed by atoms with E-state index in [2.05, 4.69) is 83.7 Å². The fourth-order valence-electron chi connectivity index (χ4n) is 11.2. The van der Waals surface area contributed by atoms with Crippen LogP contribution in [0.5, 0.6) is 0 Å². The maximum atomic E-state index is 14.9. The van der Waals surface area contributed by atoms with E-state index in [0.717, 1.165) is 69.6 Å². The van der Waals surface area contributed by atoms with E-state index >= 15 is 0 Å². The second-order valence-electron chi connectivity index (χ2n) is 22.2. The average Bonchev–Trinajstić information content (AvgIpc) is 4.03. The van der Waals surface area contributed by atoms with E-state index in [1.807, 2.05) is 65.8 Å². The summed E-state index contributed by atoms with van der Waals surface area (Å²) in [5.74, 6) is 3.43. The summed E-state index contributed by atoms with van der Waals surface area (Å²) >= 11 is 0. The number of methoxy groups -OCH3 is 1. The summed E-state index contributed by atoms with van der Waals surface area (Å²) < 4.78 is 20.6. The molecule has 74 heavy (non-hydrogen) atoms. The van der Waals surface area contributed by atoms with Crippen LogP contribution < -0.4 is 10.7 Å². The number of benzene rings is 2. The predicted octanol–water partition coefficient (Wildman–Crippen LogP) is 6.30. The van der Waals surface area contributed by atoms with Crippen molar-refractivity contribution in [1.82, 2.24) is 35.0 Å². The number of allylic oxidation sites excluding steroid dienone is 2. The highest BCUT2D eigenvalue weighted by atomic mass is 16.5. The molecule has 6 bridgehead atoms. The second kappa shape index (κ2) is 22.0. The Hall–Kier alpha value is -6.12. The number of amides is 4. The minimum atomic E-state index is -1.31. The third-order valence-electron chi connectivity index (χ3n) is 15.5. The molecule has 0 unspecified atom stereocenters. The minimum absolute atomic E-state index is 0.0288. The van der Waals surface area contributed by atoms with Crippen molar-refractivity contribution in [1.29, 1.82) is 0 Å². The van der Waals surface area contributed by atoms with Crippen molar-refractivity contribution in [3.05, 3.63) is 77.6 Å². The van der Waals surface area contributed by atoms with Crippen LogP contribution >= 0.6 is 0 Å². The van der Waals surface area contributed by atoms with Crippen molar-refractivity contribution < 1.29 is 38.2 Å². The summed E-state index contributed by atoms with van der Waals surface area (Å²) in [5, 5.41) is 5.55. The van der Waals surface area contributed by atoms with Gasteiger partial charge in [-0.25, -0.2) is 5.43 Å². The van der Waals surface area contributed by atoms with Crippen molar-refractivity contribution in [2.24, 2.45) is 16.3 Å². The van der Waals surface area contributed by atoms with Crippen LogP contribution in [0.4, 0.5) is 0 Å². The van der Waals surface area contributed by atoms with E-state index < -0.39 is 52.5 Å². The lowest BCUT2D eigenvalue weighted by Crippen LogP contribution is -2.62. The van der Waals surface area contributed by atoms with Gasteiger partial charge in [-0.05, 0) is 107 Å². The molecule has 0 radical (unpaired) electrons. The zero-order valence-corrected chi connectivity index (χ0v) is 45.1. The molecule has 4 fully saturated rings. The van der Waals surface area contributed by atoms with Gasteiger partial charge in [-0.3, -0.25) is 38.9 Å². The molecule has 0 saturated carbocycles. The van der Waals surface area contributed by atoms with Crippen LogP contribution in [-0.4, -0.2) is 149 Å². The molecule has 2 N–H and O–H groups in total. The Labute approximate surface area is 436 Å².